The van der Waals surface area contributed by atoms with E-state index in [4.69, 9.17) is 10.5 Å². The summed E-state index contributed by atoms with van der Waals surface area (Å²) in [6.07, 6.45) is 2.10. The largest absolute Gasteiger partial charge is 0.379 e. The van der Waals surface area contributed by atoms with Crippen molar-refractivity contribution in [1.82, 2.24) is 0 Å². The number of hydrogen-bond acceptors (Lipinski definition) is 4. The summed E-state index contributed by atoms with van der Waals surface area (Å²) in [5.74, 6) is 2.53. The van der Waals surface area contributed by atoms with Gasteiger partial charge < -0.3 is 10.5 Å². The van der Waals surface area contributed by atoms with Crippen molar-refractivity contribution in [2.75, 3.05) is 18.6 Å². The van der Waals surface area contributed by atoms with Crippen LogP contribution in [0.2, 0.25) is 0 Å². The fourth-order valence-corrected chi connectivity index (χ4v) is 4.83. The molecule has 0 aromatic carbocycles. The van der Waals surface area contributed by atoms with Gasteiger partial charge in [0.05, 0.1) is 5.60 Å². The fraction of sp³-hybridized carbons (Fsp3) is 1.00. The van der Waals surface area contributed by atoms with Crippen LogP contribution in [-0.4, -0.2) is 40.8 Å². The van der Waals surface area contributed by atoms with E-state index in [-0.39, 0.29) is 5.60 Å². The zero-order chi connectivity index (χ0) is 12.2. The van der Waals surface area contributed by atoms with Crippen LogP contribution in [0.4, 0.5) is 0 Å². The van der Waals surface area contributed by atoms with Crippen LogP contribution < -0.4 is 5.73 Å². The first-order valence-electron chi connectivity index (χ1n) is 6.00. The quantitative estimate of drug-likeness (QED) is 0.827. The van der Waals surface area contributed by atoms with Crippen molar-refractivity contribution in [2.24, 2.45) is 5.73 Å². The molecule has 0 saturated carbocycles. The summed E-state index contributed by atoms with van der Waals surface area (Å²) in [4.78, 5) is 0. The van der Waals surface area contributed by atoms with Gasteiger partial charge in [-0.1, -0.05) is 6.92 Å². The molecule has 3 atom stereocenters. The van der Waals surface area contributed by atoms with Crippen molar-refractivity contribution in [2.45, 2.75) is 55.8 Å². The Kier molecular flexibility index (Phi) is 5.99. The SMILES string of the molecule is COC(C)(C)CCC(N)C1SCCSC1C. The fourth-order valence-electron chi connectivity index (χ4n) is 1.90. The highest BCUT2D eigenvalue weighted by molar-refractivity contribution is 8.07. The van der Waals surface area contributed by atoms with Crippen molar-refractivity contribution >= 4 is 23.5 Å². The van der Waals surface area contributed by atoms with Gasteiger partial charge in [-0.3, -0.25) is 0 Å². The second kappa shape index (κ2) is 6.53. The molecule has 1 aliphatic rings. The first-order chi connectivity index (χ1) is 7.46. The van der Waals surface area contributed by atoms with Crippen molar-refractivity contribution in [3.05, 3.63) is 0 Å². The third-order valence-corrected chi connectivity index (χ3v) is 6.56. The molecule has 0 spiro atoms. The van der Waals surface area contributed by atoms with Crippen molar-refractivity contribution in [1.29, 1.82) is 0 Å². The molecule has 16 heavy (non-hydrogen) atoms. The van der Waals surface area contributed by atoms with E-state index in [1.54, 1.807) is 7.11 Å². The van der Waals surface area contributed by atoms with Gasteiger partial charge in [0, 0.05) is 35.2 Å². The summed E-state index contributed by atoms with van der Waals surface area (Å²) >= 11 is 4.11. The molecule has 0 radical (unpaired) electrons. The monoisotopic (exact) mass is 263 g/mol. The molecule has 96 valence electrons. The molecule has 0 amide bonds. The average Bonchev–Trinajstić information content (AvgIpc) is 2.27. The summed E-state index contributed by atoms with van der Waals surface area (Å²) in [6, 6.07) is 0.308. The smallest absolute Gasteiger partial charge is 0.0623 e. The highest BCUT2D eigenvalue weighted by Crippen LogP contribution is 2.34. The van der Waals surface area contributed by atoms with E-state index in [1.165, 1.54) is 11.5 Å². The van der Waals surface area contributed by atoms with Gasteiger partial charge in [0.1, 0.15) is 0 Å². The second-order valence-corrected chi connectivity index (χ2v) is 7.85. The van der Waals surface area contributed by atoms with E-state index in [0.717, 1.165) is 12.8 Å². The Labute approximate surface area is 108 Å². The Bertz CT molecular complexity index is 211. The van der Waals surface area contributed by atoms with Crippen molar-refractivity contribution < 1.29 is 4.74 Å². The Balaban J connectivity index is 2.36. The molecule has 1 fully saturated rings. The third-order valence-electron chi connectivity index (χ3n) is 3.29. The van der Waals surface area contributed by atoms with Crippen LogP contribution >= 0.6 is 23.5 Å². The molecule has 1 heterocycles. The zero-order valence-electron chi connectivity index (χ0n) is 10.9. The van der Waals surface area contributed by atoms with Crippen molar-refractivity contribution in [3.63, 3.8) is 0 Å². The topological polar surface area (TPSA) is 35.2 Å². The molecule has 2 nitrogen and oxygen atoms in total. The molecule has 2 N–H and O–H groups in total. The number of rotatable bonds is 5. The van der Waals surface area contributed by atoms with Crippen LogP contribution in [0.15, 0.2) is 0 Å². The molecular weight excluding hydrogens is 238 g/mol. The van der Waals surface area contributed by atoms with E-state index in [1.807, 2.05) is 0 Å². The molecule has 0 aromatic heterocycles. The minimum atomic E-state index is -0.0344. The van der Waals surface area contributed by atoms with E-state index in [0.29, 0.717) is 16.5 Å². The third kappa shape index (κ3) is 4.47. The Morgan fingerprint density at radius 2 is 2.00 bits per heavy atom. The van der Waals surface area contributed by atoms with Gasteiger partial charge in [-0.2, -0.15) is 23.5 Å². The Morgan fingerprint density at radius 3 is 2.56 bits per heavy atom. The Hall–Kier alpha value is 0.620. The molecule has 0 aliphatic carbocycles. The van der Waals surface area contributed by atoms with E-state index in [2.05, 4.69) is 44.3 Å². The lowest BCUT2D eigenvalue weighted by molar-refractivity contribution is 0.0125. The van der Waals surface area contributed by atoms with Crippen LogP contribution in [0.3, 0.4) is 0 Å². The Morgan fingerprint density at radius 1 is 1.38 bits per heavy atom. The maximum atomic E-state index is 6.31. The van der Waals surface area contributed by atoms with Gasteiger partial charge in [0.2, 0.25) is 0 Å². The normalized spacial score (nSPS) is 29.1. The standard InChI is InChI=1S/C12H25NOS2/c1-9-11(16-8-7-15-9)10(13)5-6-12(2,3)14-4/h9-11H,5-8,13H2,1-4H3. The molecule has 4 heteroatoms. The van der Waals surface area contributed by atoms with Gasteiger partial charge >= 0.3 is 0 Å². The summed E-state index contributed by atoms with van der Waals surface area (Å²) in [6.45, 7) is 6.57. The number of hydrogen-bond donors (Lipinski definition) is 1. The number of ether oxygens (including phenoxy) is 1. The van der Waals surface area contributed by atoms with Gasteiger partial charge in [0.25, 0.3) is 0 Å². The summed E-state index contributed by atoms with van der Waals surface area (Å²) in [5, 5.41) is 1.31. The lowest BCUT2D eigenvalue weighted by Crippen LogP contribution is -2.42. The summed E-state index contributed by atoms with van der Waals surface area (Å²) in [5.41, 5.74) is 6.28. The number of nitrogens with two attached hydrogens (primary N) is 1. The lowest BCUT2D eigenvalue weighted by atomic mass is 9.97. The molecular formula is C12H25NOS2. The predicted molar refractivity (Wildman–Crippen MR) is 76.5 cm³/mol. The van der Waals surface area contributed by atoms with Crippen LogP contribution in [-0.2, 0) is 4.74 Å². The molecule has 3 unspecified atom stereocenters. The molecule has 1 saturated heterocycles. The van der Waals surface area contributed by atoms with Crippen LogP contribution in [0.25, 0.3) is 0 Å². The minimum absolute atomic E-state index is 0.0344. The van der Waals surface area contributed by atoms with E-state index < -0.39 is 0 Å². The second-order valence-electron chi connectivity index (χ2n) is 5.08. The van der Waals surface area contributed by atoms with Crippen molar-refractivity contribution in [3.8, 4) is 0 Å². The highest BCUT2D eigenvalue weighted by atomic mass is 32.2. The van der Waals surface area contributed by atoms with Crippen LogP contribution in [0.5, 0.6) is 0 Å². The van der Waals surface area contributed by atoms with E-state index in [9.17, 15) is 0 Å². The first-order valence-corrected chi connectivity index (χ1v) is 8.10. The van der Waals surface area contributed by atoms with Gasteiger partial charge in [0.15, 0.2) is 0 Å². The molecule has 0 aromatic rings. The van der Waals surface area contributed by atoms with Crippen LogP contribution in [0.1, 0.15) is 33.6 Å². The minimum Gasteiger partial charge on any atom is -0.379 e. The van der Waals surface area contributed by atoms with E-state index >= 15 is 0 Å². The summed E-state index contributed by atoms with van der Waals surface area (Å²) in [7, 11) is 1.78. The molecule has 0 bridgehead atoms. The highest BCUT2D eigenvalue weighted by Gasteiger charge is 2.29. The predicted octanol–water partition coefficient (Wildman–Crippen LogP) is 2.76. The first kappa shape index (κ1) is 14.7. The van der Waals surface area contributed by atoms with Gasteiger partial charge in [-0.15, -0.1) is 0 Å². The van der Waals surface area contributed by atoms with Crippen LogP contribution in [0, 0.1) is 0 Å². The number of methoxy groups -OCH3 is 1. The lowest BCUT2D eigenvalue weighted by Gasteiger charge is -2.34. The average molecular weight is 263 g/mol. The molecule has 1 aliphatic heterocycles. The number of thioether (sulfide) groups is 2. The van der Waals surface area contributed by atoms with Gasteiger partial charge in [-0.25, -0.2) is 0 Å². The molecule has 1 rings (SSSR count). The maximum absolute atomic E-state index is 6.31. The van der Waals surface area contributed by atoms with Gasteiger partial charge in [-0.05, 0) is 26.7 Å². The maximum Gasteiger partial charge on any atom is 0.0623 e. The zero-order valence-corrected chi connectivity index (χ0v) is 12.5. The summed E-state index contributed by atoms with van der Waals surface area (Å²) < 4.78 is 5.43.